The average molecular weight is 1420 g/mol. The molecule has 103 heavy (non-hydrogen) atoms. The third kappa shape index (κ3) is 13.4. The lowest BCUT2D eigenvalue weighted by Crippen LogP contribution is -2.59. The zero-order chi connectivity index (χ0) is 73.1. The topological polar surface area (TPSA) is 521 Å². The summed E-state index contributed by atoms with van der Waals surface area (Å²) in [5.74, 6) is -14.8. The van der Waals surface area contributed by atoms with Gasteiger partial charge in [-0.1, -0.05) is 41.6 Å². The fourth-order valence-electron chi connectivity index (χ4n) is 12.5. The summed E-state index contributed by atoms with van der Waals surface area (Å²) in [6, 6.07) is 8.78. The summed E-state index contributed by atoms with van der Waals surface area (Å²) in [6.45, 7) is 0.0551. The Bertz CT molecular complexity index is 4730. The number of phenols is 6. The number of hydrogen-bond acceptors (Lipinski definition) is 27. The Kier molecular flexibility index (Phi) is 18.7. The fourth-order valence-corrected chi connectivity index (χ4v) is 12.5. The van der Waals surface area contributed by atoms with Crippen LogP contribution in [-0.4, -0.2) is 174 Å². The average Bonchev–Trinajstić information content (AvgIpc) is 0.996. The van der Waals surface area contributed by atoms with Crippen molar-refractivity contribution < 1.29 is 123 Å². The number of aromatic hydroxyl groups is 6. The van der Waals surface area contributed by atoms with Crippen molar-refractivity contribution in [1.29, 1.82) is 0 Å². The van der Waals surface area contributed by atoms with E-state index in [2.05, 4.69) is 42.2 Å². The number of fused-ring (bicyclic) bond motifs is 14. The molecule has 0 unspecified atom stereocenters. The summed E-state index contributed by atoms with van der Waals surface area (Å²) in [7, 11) is 0.960. The van der Waals surface area contributed by atoms with Crippen molar-refractivity contribution in [2.24, 2.45) is 0 Å². The van der Waals surface area contributed by atoms with Crippen LogP contribution in [0.5, 0.6) is 69.0 Å². The number of carbonyl (C=O) groups is 7. The molecule has 17 bridgehead atoms. The van der Waals surface area contributed by atoms with Gasteiger partial charge in [0, 0.05) is 28.3 Å². The molecule has 7 aromatic carbocycles. The Hall–Kier alpha value is -12.2. The van der Waals surface area contributed by atoms with Crippen molar-refractivity contribution in [1.82, 2.24) is 46.9 Å². The molecule has 34 heteroatoms. The summed E-state index contributed by atoms with van der Waals surface area (Å²) in [4.78, 5) is 107. The molecule has 1 fully saturated rings. The minimum Gasteiger partial charge on any atom is -0.508 e. The predicted molar refractivity (Wildman–Crippen MR) is 345 cm³/mol. The van der Waals surface area contributed by atoms with Crippen LogP contribution in [0.15, 0.2) is 128 Å². The van der Waals surface area contributed by atoms with Gasteiger partial charge in [-0.2, -0.15) is 0 Å². The molecule has 8 aromatic rings. The van der Waals surface area contributed by atoms with Gasteiger partial charge in [0.2, 0.25) is 41.2 Å². The Morgan fingerprint density at radius 1 is 0.524 bits per heavy atom. The number of rotatable bonds is 6. The van der Waals surface area contributed by atoms with Crippen LogP contribution in [0, 0.1) is 6.92 Å². The maximum Gasteiger partial charge on any atom is 0.333 e. The molecule has 15 rings (SSSR count). The lowest BCUT2D eigenvalue weighted by Gasteiger charge is -2.39. The lowest BCUT2D eigenvalue weighted by atomic mass is 9.89. The molecule has 1 aromatic heterocycles. The third-order valence-electron chi connectivity index (χ3n) is 18.0. The van der Waals surface area contributed by atoms with Gasteiger partial charge in [-0.15, -0.1) is 5.10 Å². The summed E-state index contributed by atoms with van der Waals surface area (Å²) < 4.78 is 36.0. The Morgan fingerprint density at radius 2 is 1.06 bits per heavy atom. The molecular weight excluding hydrogens is 1350 g/mol. The van der Waals surface area contributed by atoms with E-state index in [1.54, 1.807) is 0 Å². The molecule has 14 atom stereocenters. The molecular formula is C69H63N9O25. The van der Waals surface area contributed by atoms with Crippen LogP contribution in [0.25, 0.3) is 11.1 Å². The van der Waals surface area contributed by atoms with Crippen molar-refractivity contribution in [3.63, 3.8) is 0 Å². The van der Waals surface area contributed by atoms with E-state index in [4.69, 9.17) is 28.4 Å². The van der Waals surface area contributed by atoms with E-state index in [1.165, 1.54) is 79.9 Å². The van der Waals surface area contributed by atoms with E-state index in [0.717, 1.165) is 66.4 Å². The first-order valence-electron chi connectivity index (χ1n) is 31.5. The molecule has 1 saturated heterocycles. The Balaban J connectivity index is 0.960. The van der Waals surface area contributed by atoms with Crippen LogP contribution < -0.4 is 46.1 Å². The van der Waals surface area contributed by atoms with Crippen LogP contribution in [0.1, 0.15) is 92.6 Å². The molecule has 7 aliphatic rings. The highest BCUT2D eigenvalue weighted by atomic mass is 16.7. The highest BCUT2D eigenvalue weighted by Crippen LogP contribution is 2.48. The molecule has 6 amide bonds. The third-order valence-corrected chi connectivity index (χ3v) is 18.0. The predicted octanol–water partition coefficient (Wildman–Crippen LogP) is 1.06. The number of aromatic nitrogens is 3. The van der Waals surface area contributed by atoms with Crippen molar-refractivity contribution >= 4 is 41.4 Å². The van der Waals surface area contributed by atoms with E-state index in [1.807, 2.05) is 0 Å². The monoisotopic (exact) mass is 1420 g/mol. The van der Waals surface area contributed by atoms with Crippen LogP contribution in [0.2, 0.25) is 0 Å². The zero-order valence-corrected chi connectivity index (χ0v) is 53.6. The second-order valence-corrected chi connectivity index (χ2v) is 24.7. The molecule has 34 nitrogen and oxygen atoms in total. The van der Waals surface area contributed by atoms with Gasteiger partial charge in [0.15, 0.2) is 41.4 Å². The minimum absolute atomic E-state index is 0.0391. The second kappa shape index (κ2) is 27.8. The van der Waals surface area contributed by atoms with E-state index in [0.29, 0.717) is 0 Å². The molecule has 0 saturated carbocycles. The van der Waals surface area contributed by atoms with Crippen LogP contribution >= 0.6 is 0 Å². The smallest absolute Gasteiger partial charge is 0.333 e. The molecule has 0 aliphatic carbocycles. The molecule has 7 aliphatic heterocycles. The van der Waals surface area contributed by atoms with Crippen LogP contribution in [0.4, 0.5) is 0 Å². The first-order valence-corrected chi connectivity index (χ1v) is 31.5. The standard InChI is InChI=1S/C69H63N9O25/c1-26-41(83)16-31-18-43(26)102-44-17-30(8-14-40(44)82)55(78-23-33(76-77-78)25-99-69-61(90)60(89)59(88)47(24-79)103-69)67(96)75-54-57(86)28-5-11-36(12-6-28)101-46-20-32-19-45(58(46)87)100-35-9-3-27(4-10-35)56(85)53-66(95)73-52(68(97)98-2)38-21-34(80)22-42(84)48(38)37-15-29(7-13-39(37)81)49(62(91)74-53)70-64(93)51(32)71-63(92)50(31)72-65(54)94/h3-23,47,49-57,59-61,69,79-90H,24-25H2,1-2H3,(H,70,93)(H,71,92)(H,72,94)(H,73,95)(H,74,91)(H,75,96)/t47-,49-,50+,51-,52-,53+,54-,55-,56-,57-,59-,60+,61+,69+/m1/s1. The molecule has 8 heterocycles. The number of esters is 1. The van der Waals surface area contributed by atoms with Gasteiger partial charge in [-0.05, 0) is 119 Å². The number of amides is 6. The van der Waals surface area contributed by atoms with Gasteiger partial charge >= 0.3 is 5.97 Å². The summed E-state index contributed by atoms with van der Waals surface area (Å²) in [5.41, 5.74) is -2.42. The number of hydrogen-bond donors (Lipinski definition) is 18. The van der Waals surface area contributed by atoms with Crippen molar-refractivity contribution in [2.75, 3.05) is 13.7 Å². The molecule has 534 valence electrons. The number of methoxy groups -OCH3 is 1. The van der Waals surface area contributed by atoms with Gasteiger partial charge < -0.3 is 122 Å². The Labute approximate surface area is 579 Å². The maximum absolute atomic E-state index is 16.0. The second-order valence-electron chi connectivity index (χ2n) is 24.7. The van der Waals surface area contributed by atoms with Gasteiger partial charge in [0.25, 0.3) is 0 Å². The summed E-state index contributed by atoms with van der Waals surface area (Å²) >= 11 is 0. The van der Waals surface area contributed by atoms with Crippen molar-refractivity contribution in [3.05, 3.63) is 178 Å². The van der Waals surface area contributed by atoms with Gasteiger partial charge in [-0.3, -0.25) is 28.8 Å². The minimum atomic E-state index is -2.22. The molecule has 0 radical (unpaired) electrons. The van der Waals surface area contributed by atoms with Crippen LogP contribution in [0.3, 0.4) is 0 Å². The normalized spacial score (nSPS) is 25.5. The van der Waals surface area contributed by atoms with Gasteiger partial charge in [0.1, 0.15) is 113 Å². The maximum atomic E-state index is 16.0. The van der Waals surface area contributed by atoms with Crippen molar-refractivity contribution in [2.45, 2.75) is 98.7 Å². The number of benzene rings is 7. The lowest BCUT2D eigenvalue weighted by molar-refractivity contribution is -0.304. The van der Waals surface area contributed by atoms with Gasteiger partial charge in [0.05, 0.1) is 26.5 Å². The number of nitrogens with one attached hydrogen (secondary N) is 6. The SMILES string of the molecule is COC(=O)[C@@H]1NC(=O)[C@H]2NC(=O)[C@H](NC(=O)[C@@H]3NC(=O)[C@H]4NC(=O)[C@H](NC(=O)[C@H](n5cc(CO[C@H]6O[C@H](CO)[C@@H](O)[C@H](O)[C@@H]6O)nn5)c5ccc(O)c(c5)Oc5cc4cc(O)c5C)[C@H](O)c4ccc(cc4)Oc4cc3cc(c4O)Oc3ccc(cc3)[C@H]2O)c2ccc(O)c(c2)-c2c(O)cc(O)cc21. The first kappa shape index (κ1) is 69.3. The summed E-state index contributed by atoms with van der Waals surface area (Å²) in [6.07, 6.45) is -11.3. The van der Waals surface area contributed by atoms with Crippen LogP contribution in [-0.2, 0) is 54.4 Å². The summed E-state index contributed by atoms with van der Waals surface area (Å²) in [5, 5.41) is 159. The van der Waals surface area contributed by atoms with Crippen molar-refractivity contribution in [3.8, 4) is 80.1 Å². The first-order chi connectivity index (χ1) is 49.2. The van der Waals surface area contributed by atoms with Gasteiger partial charge in [-0.25, -0.2) is 9.48 Å². The Morgan fingerprint density at radius 3 is 1.68 bits per heavy atom. The van der Waals surface area contributed by atoms with E-state index >= 15 is 24.0 Å². The number of aliphatic hydroxyl groups excluding tert-OH is 6. The zero-order valence-electron chi connectivity index (χ0n) is 53.6. The highest BCUT2D eigenvalue weighted by molar-refractivity contribution is 6.00. The van der Waals surface area contributed by atoms with E-state index in [-0.39, 0.29) is 78.8 Å². The molecule has 0 spiro atoms. The highest BCUT2D eigenvalue weighted by Gasteiger charge is 2.46. The largest absolute Gasteiger partial charge is 0.508 e. The van der Waals surface area contributed by atoms with E-state index in [9.17, 15) is 70.9 Å². The number of carbonyl (C=O) groups excluding carboxylic acids is 7. The number of aliphatic hydroxyl groups is 6. The number of ether oxygens (including phenoxy) is 6. The quantitative estimate of drug-likeness (QED) is 0.104. The molecule has 18 N–H and O–H groups in total. The number of phenolic OH excluding ortho intramolecular Hbond substituents is 6. The van der Waals surface area contributed by atoms with E-state index < -0.39 is 191 Å². The fraction of sp³-hybridized carbons (Fsp3) is 0.261. The number of nitrogens with zero attached hydrogens (tertiary/aromatic N) is 3.